The number of nitrogens with one attached hydrogen (secondary N) is 1. The van der Waals surface area contributed by atoms with Gasteiger partial charge in [0.25, 0.3) is 0 Å². The summed E-state index contributed by atoms with van der Waals surface area (Å²) in [5.41, 5.74) is 0. The molecule has 72 valence electrons. The molecule has 0 aromatic rings. The summed E-state index contributed by atoms with van der Waals surface area (Å²) >= 11 is 0. The van der Waals surface area contributed by atoms with Crippen LogP contribution in [-0.2, 0) is 14.3 Å². The van der Waals surface area contributed by atoms with Crippen LogP contribution in [0, 0.1) is 11.3 Å². The average molecular weight is 186 g/mol. The van der Waals surface area contributed by atoms with E-state index in [9.17, 15) is 9.59 Å². The Morgan fingerprint density at radius 2 is 2.31 bits per heavy atom. The highest BCUT2D eigenvalue weighted by Crippen LogP contribution is 1.89. The van der Waals surface area contributed by atoms with E-state index in [1.807, 2.05) is 0 Å². The number of amides is 1. The quantitative estimate of drug-likeness (QED) is 0.543. The molecule has 0 aliphatic carbocycles. The van der Waals surface area contributed by atoms with Crippen LogP contribution in [-0.4, -0.2) is 36.2 Å². The zero-order chi connectivity index (χ0) is 10.3. The predicted octanol–water partition coefficient (Wildman–Crippen LogP) is -0.884. The Morgan fingerprint density at radius 3 is 2.77 bits per heavy atom. The Labute approximate surface area is 75.1 Å². The van der Waals surface area contributed by atoms with E-state index in [0.717, 1.165) is 0 Å². The number of hydrogen-bond donors (Lipinski definition) is 2. The summed E-state index contributed by atoms with van der Waals surface area (Å²) in [6.45, 7) is 0.860. The lowest BCUT2D eigenvalue weighted by Gasteiger charge is -2.06. The maximum absolute atomic E-state index is 10.7. The second-order valence-corrected chi connectivity index (χ2v) is 2.23. The van der Waals surface area contributed by atoms with E-state index in [-0.39, 0.29) is 13.2 Å². The average Bonchev–Trinajstić information content (AvgIpc) is 2.10. The zero-order valence-corrected chi connectivity index (χ0v) is 7.11. The van der Waals surface area contributed by atoms with Gasteiger partial charge in [0, 0.05) is 0 Å². The number of carbonyl (C=O) groups is 2. The molecule has 0 aliphatic rings. The van der Waals surface area contributed by atoms with Crippen molar-refractivity contribution in [3.63, 3.8) is 0 Å². The van der Waals surface area contributed by atoms with E-state index in [1.165, 1.54) is 6.92 Å². The first-order valence-corrected chi connectivity index (χ1v) is 3.56. The monoisotopic (exact) mass is 186 g/mol. The van der Waals surface area contributed by atoms with Gasteiger partial charge in [-0.3, -0.25) is 4.79 Å². The van der Waals surface area contributed by atoms with Crippen molar-refractivity contribution in [1.82, 2.24) is 5.32 Å². The smallest absolute Gasteiger partial charge is 0.332 e. The van der Waals surface area contributed by atoms with Crippen LogP contribution in [0.15, 0.2) is 0 Å². The molecule has 0 radical (unpaired) electrons. The zero-order valence-electron chi connectivity index (χ0n) is 7.11. The summed E-state index contributed by atoms with van der Waals surface area (Å²) in [4.78, 5) is 21.0. The molecule has 0 fully saturated rings. The number of rotatable bonds is 5. The number of hydrogen-bond acceptors (Lipinski definition) is 4. The van der Waals surface area contributed by atoms with Crippen LogP contribution in [0.1, 0.15) is 6.92 Å². The summed E-state index contributed by atoms with van der Waals surface area (Å²) in [6.07, 6.45) is -1.02. The van der Waals surface area contributed by atoms with Gasteiger partial charge in [-0.05, 0) is 6.92 Å². The molecule has 0 spiro atoms. The Balaban J connectivity index is 3.59. The summed E-state index contributed by atoms with van der Waals surface area (Å²) in [5, 5.41) is 18.7. The minimum atomic E-state index is -1.13. The highest BCUT2D eigenvalue weighted by Gasteiger charge is 2.12. The van der Waals surface area contributed by atoms with Crippen molar-refractivity contribution in [3.05, 3.63) is 0 Å². The molecule has 13 heavy (non-hydrogen) atoms. The Morgan fingerprint density at radius 1 is 1.69 bits per heavy atom. The molecule has 1 amide bonds. The van der Waals surface area contributed by atoms with Crippen molar-refractivity contribution < 1.29 is 19.4 Å². The van der Waals surface area contributed by atoms with Gasteiger partial charge < -0.3 is 15.2 Å². The fourth-order valence-electron chi connectivity index (χ4n) is 0.461. The number of nitriles is 1. The first kappa shape index (κ1) is 11.4. The van der Waals surface area contributed by atoms with Gasteiger partial charge in [0.2, 0.25) is 5.91 Å². The molecule has 6 heteroatoms. The van der Waals surface area contributed by atoms with Crippen LogP contribution in [0.4, 0.5) is 0 Å². The van der Waals surface area contributed by atoms with E-state index in [4.69, 9.17) is 10.4 Å². The Bertz CT molecular complexity index is 233. The molecule has 1 atom stereocenters. The summed E-state index contributed by atoms with van der Waals surface area (Å²) in [5.74, 6) is -1.64. The first-order valence-electron chi connectivity index (χ1n) is 3.56. The molecule has 1 unspecified atom stereocenters. The number of carbonyl (C=O) groups excluding carboxylic acids is 1. The molecule has 0 saturated heterocycles. The minimum absolute atomic E-state index is 0.107. The van der Waals surface area contributed by atoms with Crippen molar-refractivity contribution in [2.24, 2.45) is 0 Å². The van der Waals surface area contributed by atoms with Crippen LogP contribution in [0.2, 0.25) is 0 Å². The SMILES string of the molecule is CC(OCC(=O)NCC#N)C(=O)O. The fourth-order valence-corrected chi connectivity index (χ4v) is 0.461. The molecular weight excluding hydrogens is 176 g/mol. The highest BCUT2D eigenvalue weighted by molar-refractivity contribution is 5.78. The largest absolute Gasteiger partial charge is 0.479 e. The van der Waals surface area contributed by atoms with Crippen LogP contribution in [0.25, 0.3) is 0 Å². The van der Waals surface area contributed by atoms with Gasteiger partial charge in [-0.15, -0.1) is 0 Å². The number of carboxylic acid groups (broad SMARTS) is 1. The predicted molar refractivity (Wildman–Crippen MR) is 41.7 cm³/mol. The normalized spacial score (nSPS) is 11.4. The second kappa shape index (κ2) is 5.97. The molecule has 0 rings (SSSR count). The molecule has 6 nitrogen and oxygen atoms in total. The van der Waals surface area contributed by atoms with E-state index < -0.39 is 18.0 Å². The maximum atomic E-state index is 10.7. The third-order valence-corrected chi connectivity index (χ3v) is 1.18. The van der Waals surface area contributed by atoms with Crippen molar-refractivity contribution >= 4 is 11.9 Å². The van der Waals surface area contributed by atoms with Gasteiger partial charge in [0.15, 0.2) is 6.10 Å². The number of ether oxygens (including phenoxy) is 1. The molecule has 0 bridgehead atoms. The standard InChI is InChI=1S/C7H10N2O4/c1-5(7(11)12)13-4-6(10)9-3-2-8/h5H,3-4H2,1H3,(H,9,10)(H,11,12). The van der Waals surface area contributed by atoms with Gasteiger partial charge in [0.05, 0.1) is 6.07 Å². The number of nitrogens with zero attached hydrogens (tertiary/aromatic N) is 1. The lowest BCUT2D eigenvalue weighted by molar-refractivity contribution is -0.150. The summed E-state index contributed by atoms with van der Waals surface area (Å²) < 4.78 is 4.64. The lowest BCUT2D eigenvalue weighted by atomic mass is 10.4. The van der Waals surface area contributed by atoms with Crippen molar-refractivity contribution in [3.8, 4) is 6.07 Å². The third kappa shape index (κ3) is 5.64. The van der Waals surface area contributed by atoms with Gasteiger partial charge in [0.1, 0.15) is 13.2 Å². The first-order chi connectivity index (χ1) is 6.07. The maximum Gasteiger partial charge on any atom is 0.332 e. The second-order valence-electron chi connectivity index (χ2n) is 2.23. The molecule has 0 aromatic carbocycles. The van der Waals surface area contributed by atoms with Crippen molar-refractivity contribution in [2.75, 3.05) is 13.2 Å². The van der Waals surface area contributed by atoms with Gasteiger partial charge in [-0.2, -0.15) is 5.26 Å². The van der Waals surface area contributed by atoms with Crippen molar-refractivity contribution in [2.45, 2.75) is 13.0 Å². The molecule has 0 aliphatic heterocycles. The van der Waals surface area contributed by atoms with Crippen LogP contribution in [0.3, 0.4) is 0 Å². The molecule has 0 heterocycles. The lowest BCUT2D eigenvalue weighted by Crippen LogP contribution is -2.31. The molecular formula is C7H10N2O4. The van der Waals surface area contributed by atoms with Crippen LogP contribution < -0.4 is 5.32 Å². The Hall–Kier alpha value is -1.61. The third-order valence-electron chi connectivity index (χ3n) is 1.18. The van der Waals surface area contributed by atoms with Gasteiger partial charge >= 0.3 is 5.97 Å². The van der Waals surface area contributed by atoms with Crippen LogP contribution in [0.5, 0.6) is 0 Å². The highest BCUT2D eigenvalue weighted by atomic mass is 16.5. The van der Waals surface area contributed by atoms with E-state index in [2.05, 4.69) is 10.1 Å². The molecule has 0 aromatic heterocycles. The molecule has 0 saturated carbocycles. The van der Waals surface area contributed by atoms with E-state index >= 15 is 0 Å². The fraction of sp³-hybridized carbons (Fsp3) is 0.571. The number of carboxylic acids is 1. The molecule has 2 N–H and O–H groups in total. The van der Waals surface area contributed by atoms with Gasteiger partial charge in [-0.1, -0.05) is 0 Å². The van der Waals surface area contributed by atoms with E-state index in [1.54, 1.807) is 6.07 Å². The minimum Gasteiger partial charge on any atom is -0.479 e. The van der Waals surface area contributed by atoms with Crippen LogP contribution >= 0.6 is 0 Å². The Kier molecular flexibility index (Phi) is 5.23. The summed E-state index contributed by atoms with van der Waals surface area (Å²) in [6, 6.07) is 1.71. The van der Waals surface area contributed by atoms with E-state index in [0.29, 0.717) is 0 Å². The number of aliphatic carboxylic acids is 1. The van der Waals surface area contributed by atoms with Gasteiger partial charge in [-0.25, -0.2) is 4.79 Å². The summed E-state index contributed by atoms with van der Waals surface area (Å²) in [7, 11) is 0. The van der Waals surface area contributed by atoms with Crippen molar-refractivity contribution in [1.29, 1.82) is 5.26 Å². The topological polar surface area (TPSA) is 99.4 Å².